The van der Waals surface area contributed by atoms with Crippen molar-refractivity contribution in [3.8, 4) is 17.1 Å². The minimum atomic E-state index is -0.177. The summed E-state index contributed by atoms with van der Waals surface area (Å²) in [6.07, 6.45) is 0. The van der Waals surface area contributed by atoms with Gasteiger partial charge >= 0.3 is 0 Å². The zero-order valence-corrected chi connectivity index (χ0v) is 20.2. The molecule has 0 saturated heterocycles. The molecule has 4 aromatic rings. The highest BCUT2D eigenvalue weighted by atomic mass is 35.5. The molecule has 34 heavy (non-hydrogen) atoms. The molecule has 172 valence electrons. The molecule has 4 rings (SSSR count). The summed E-state index contributed by atoms with van der Waals surface area (Å²) in [5, 5.41) is 15.6. The van der Waals surface area contributed by atoms with Gasteiger partial charge in [0, 0.05) is 34.6 Å². The summed E-state index contributed by atoms with van der Waals surface area (Å²) in [6.45, 7) is 3.47. The van der Waals surface area contributed by atoms with Crippen LogP contribution < -0.4 is 10.6 Å². The van der Waals surface area contributed by atoms with Gasteiger partial charge in [0.2, 0.25) is 11.8 Å². The molecule has 0 saturated carbocycles. The SMILES string of the molecule is CC(=O)Nc1ccc(NC(=O)CSc2nnc(-c3ccc(Cl)cc3)n2-c2cccc(C)c2)cc1. The normalized spacial score (nSPS) is 10.7. The molecule has 2 amide bonds. The summed E-state index contributed by atoms with van der Waals surface area (Å²) in [5.41, 5.74) is 4.19. The second-order valence-corrected chi connectivity index (χ2v) is 8.96. The third-order valence-electron chi connectivity index (χ3n) is 4.82. The highest BCUT2D eigenvalue weighted by molar-refractivity contribution is 7.99. The molecule has 0 unspecified atom stereocenters. The smallest absolute Gasteiger partial charge is 0.234 e. The number of hydrogen-bond donors (Lipinski definition) is 2. The highest BCUT2D eigenvalue weighted by Gasteiger charge is 2.17. The number of benzene rings is 3. The molecule has 2 N–H and O–H groups in total. The van der Waals surface area contributed by atoms with E-state index in [0.29, 0.717) is 27.4 Å². The zero-order valence-electron chi connectivity index (χ0n) is 18.6. The van der Waals surface area contributed by atoms with Gasteiger partial charge in [-0.2, -0.15) is 0 Å². The number of hydrogen-bond acceptors (Lipinski definition) is 5. The molecular weight excluding hydrogens is 470 g/mol. The molecule has 0 atom stereocenters. The van der Waals surface area contributed by atoms with Crippen LogP contribution in [0.2, 0.25) is 5.02 Å². The van der Waals surface area contributed by atoms with E-state index in [1.54, 1.807) is 24.3 Å². The average molecular weight is 492 g/mol. The van der Waals surface area contributed by atoms with Crippen molar-refractivity contribution in [3.05, 3.63) is 83.4 Å². The predicted molar refractivity (Wildman–Crippen MR) is 137 cm³/mol. The monoisotopic (exact) mass is 491 g/mol. The van der Waals surface area contributed by atoms with E-state index >= 15 is 0 Å². The van der Waals surface area contributed by atoms with E-state index in [1.807, 2.05) is 60.0 Å². The Morgan fingerprint density at radius 3 is 2.26 bits per heavy atom. The number of carbonyl (C=O) groups excluding carboxylic acids is 2. The van der Waals surface area contributed by atoms with Gasteiger partial charge in [-0.3, -0.25) is 14.2 Å². The quantitative estimate of drug-likeness (QED) is 0.329. The number of rotatable bonds is 7. The van der Waals surface area contributed by atoms with Gasteiger partial charge in [-0.25, -0.2) is 0 Å². The summed E-state index contributed by atoms with van der Waals surface area (Å²) >= 11 is 7.35. The number of carbonyl (C=O) groups is 2. The van der Waals surface area contributed by atoms with Crippen molar-refractivity contribution in [3.63, 3.8) is 0 Å². The number of anilines is 2. The molecule has 0 bridgehead atoms. The molecule has 3 aromatic carbocycles. The zero-order chi connectivity index (χ0) is 24.1. The first-order valence-corrected chi connectivity index (χ1v) is 11.8. The number of amides is 2. The fourth-order valence-electron chi connectivity index (χ4n) is 3.32. The van der Waals surface area contributed by atoms with Gasteiger partial charge in [-0.05, 0) is 73.2 Å². The lowest BCUT2D eigenvalue weighted by atomic mass is 10.2. The van der Waals surface area contributed by atoms with Crippen LogP contribution in [0.15, 0.2) is 78.0 Å². The first-order chi connectivity index (χ1) is 16.4. The van der Waals surface area contributed by atoms with Gasteiger partial charge in [0.1, 0.15) is 0 Å². The van der Waals surface area contributed by atoms with E-state index in [4.69, 9.17) is 11.6 Å². The van der Waals surface area contributed by atoms with E-state index in [2.05, 4.69) is 20.8 Å². The number of aromatic nitrogens is 3. The van der Waals surface area contributed by atoms with Gasteiger partial charge in [-0.1, -0.05) is 35.5 Å². The molecule has 0 aliphatic carbocycles. The summed E-state index contributed by atoms with van der Waals surface area (Å²) in [4.78, 5) is 23.7. The molecule has 0 radical (unpaired) electrons. The second kappa shape index (κ2) is 10.5. The first kappa shape index (κ1) is 23.5. The first-order valence-electron chi connectivity index (χ1n) is 10.5. The number of nitrogens with one attached hydrogen (secondary N) is 2. The topological polar surface area (TPSA) is 88.9 Å². The van der Waals surface area contributed by atoms with Crippen LogP contribution in [-0.2, 0) is 9.59 Å². The van der Waals surface area contributed by atoms with Crippen molar-refractivity contribution in [2.75, 3.05) is 16.4 Å². The van der Waals surface area contributed by atoms with Crippen molar-refractivity contribution in [2.45, 2.75) is 19.0 Å². The Balaban J connectivity index is 1.53. The summed E-state index contributed by atoms with van der Waals surface area (Å²) in [7, 11) is 0. The van der Waals surface area contributed by atoms with Crippen LogP contribution in [0.4, 0.5) is 11.4 Å². The van der Waals surface area contributed by atoms with Gasteiger partial charge in [0.15, 0.2) is 11.0 Å². The standard InChI is InChI=1S/C25H22ClN5O2S/c1-16-4-3-5-22(14-16)31-24(18-6-8-19(26)9-7-18)29-30-25(31)34-15-23(33)28-21-12-10-20(11-13-21)27-17(2)32/h3-14H,15H2,1-2H3,(H,27,32)(H,28,33). The van der Waals surface area contributed by atoms with E-state index in [9.17, 15) is 9.59 Å². The van der Waals surface area contributed by atoms with E-state index in [0.717, 1.165) is 16.8 Å². The van der Waals surface area contributed by atoms with E-state index < -0.39 is 0 Å². The Bertz CT molecular complexity index is 1320. The van der Waals surface area contributed by atoms with Crippen LogP contribution in [0, 0.1) is 6.92 Å². The van der Waals surface area contributed by atoms with Crippen molar-refractivity contribution in [1.29, 1.82) is 0 Å². The molecule has 0 aliphatic rings. The van der Waals surface area contributed by atoms with Crippen molar-refractivity contribution < 1.29 is 9.59 Å². The molecule has 0 fully saturated rings. The van der Waals surface area contributed by atoms with Crippen LogP contribution in [0.25, 0.3) is 17.1 Å². The third kappa shape index (κ3) is 5.84. The van der Waals surface area contributed by atoms with Gasteiger partial charge in [0.05, 0.1) is 5.75 Å². The third-order valence-corrected chi connectivity index (χ3v) is 6.00. The molecular formula is C25H22ClN5O2S. The van der Waals surface area contributed by atoms with Gasteiger partial charge in [0.25, 0.3) is 0 Å². The number of thioether (sulfide) groups is 1. The maximum absolute atomic E-state index is 12.6. The number of aryl methyl sites for hydroxylation is 1. The van der Waals surface area contributed by atoms with Crippen LogP contribution in [0.3, 0.4) is 0 Å². The lowest BCUT2D eigenvalue weighted by Crippen LogP contribution is -2.14. The number of nitrogens with zero attached hydrogens (tertiary/aromatic N) is 3. The molecule has 0 aliphatic heterocycles. The van der Waals surface area contributed by atoms with Gasteiger partial charge < -0.3 is 10.6 Å². The Morgan fingerprint density at radius 1 is 0.941 bits per heavy atom. The Hall–Kier alpha value is -3.62. The summed E-state index contributed by atoms with van der Waals surface area (Å²) in [6, 6.07) is 22.4. The Labute approximate surface area is 206 Å². The van der Waals surface area contributed by atoms with Crippen molar-refractivity contribution >= 4 is 46.6 Å². The lowest BCUT2D eigenvalue weighted by Gasteiger charge is -2.11. The van der Waals surface area contributed by atoms with E-state index in [-0.39, 0.29) is 17.6 Å². The van der Waals surface area contributed by atoms with Crippen molar-refractivity contribution in [1.82, 2.24) is 14.8 Å². The Kier molecular flexibility index (Phi) is 7.30. The van der Waals surface area contributed by atoms with Gasteiger partial charge in [-0.15, -0.1) is 10.2 Å². The second-order valence-electron chi connectivity index (χ2n) is 7.58. The summed E-state index contributed by atoms with van der Waals surface area (Å²) in [5.74, 6) is 0.490. The average Bonchev–Trinajstić information content (AvgIpc) is 3.23. The lowest BCUT2D eigenvalue weighted by molar-refractivity contribution is -0.114. The number of halogens is 1. The van der Waals surface area contributed by atoms with Crippen LogP contribution in [0.5, 0.6) is 0 Å². The minimum Gasteiger partial charge on any atom is -0.326 e. The molecule has 0 spiro atoms. The fourth-order valence-corrected chi connectivity index (χ4v) is 4.19. The molecule has 1 heterocycles. The highest BCUT2D eigenvalue weighted by Crippen LogP contribution is 2.29. The Morgan fingerprint density at radius 2 is 1.62 bits per heavy atom. The maximum atomic E-state index is 12.6. The van der Waals surface area contributed by atoms with Crippen LogP contribution >= 0.6 is 23.4 Å². The van der Waals surface area contributed by atoms with Crippen LogP contribution in [0.1, 0.15) is 12.5 Å². The molecule has 9 heteroatoms. The predicted octanol–water partition coefficient (Wildman–Crippen LogP) is 5.59. The summed E-state index contributed by atoms with van der Waals surface area (Å²) < 4.78 is 1.94. The largest absolute Gasteiger partial charge is 0.326 e. The fraction of sp³-hybridized carbons (Fsp3) is 0.120. The van der Waals surface area contributed by atoms with E-state index in [1.165, 1.54) is 18.7 Å². The maximum Gasteiger partial charge on any atom is 0.234 e. The molecule has 1 aromatic heterocycles. The molecule has 7 nitrogen and oxygen atoms in total. The van der Waals surface area contributed by atoms with Crippen molar-refractivity contribution in [2.24, 2.45) is 0 Å². The van der Waals surface area contributed by atoms with Crippen LogP contribution in [-0.4, -0.2) is 32.3 Å². The minimum absolute atomic E-state index is 0.149.